The standard InChI is InChI=1S/C24H42/c1-4-5-6-7-8-9-10-11-12-13-14-15-19-22-24(2,3)23-20-17-16-18-21-23/h16-18,20-21H,4-15,19,22H2,1-3H3. The van der Waals surface area contributed by atoms with Crippen LogP contribution in [0.3, 0.4) is 0 Å². The summed E-state index contributed by atoms with van der Waals surface area (Å²) >= 11 is 0. The van der Waals surface area contributed by atoms with Crippen molar-refractivity contribution in [3.8, 4) is 0 Å². The highest BCUT2D eigenvalue weighted by Gasteiger charge is 2.19. The summed E-state index contributed by atoms with van der Waals surface area (Å²) in [4.78, 5) is 0. The first kappa shape index (κ1) is 21.3. The lowest BCUT2D eigenvalue weighted by Gasteiger charge is -2.25. The molecule has 0 unspecified atom stereocenters. The Morgan fingerprint density at radius 3 is 1.46 bits per heavy atom. The van der Waals surface area contributed by atoms with Crippen molar-refractivity contribution in [3.63, 3.8) is 0 Å². The summed E-state index contributed by atoms with van der Waals surface area (Å²) in [5.74, 6) is 0. The van der Waals surface area contributed by atoms with E-state index < -0.39 is 0 Å². The highest BCUT2D eigenvalue weighted by molar-refractivity contribution is 5.23. The third-order valence-corrected chi connectivity index (χ3v) is 5.46. The van der Waals surface area contributed by atoms with Gasteiger partial charge in [-0.25, -0.2) is 0 Å². The van der Waals surface area contributed by atoms with E-state index in [0.717, 1.165) is 0 Å². The molecule has 1 rings (SSSR count). The molecule has 0 fully saturated rings. The summed E-state index contributed by atoms with van der Waals surface area (Å²) in [7, 11) is 0. The molecule has 0 heterocycles. The molecule has 1 aromatic carbocycles. The molecule has 0 aliphatic heterocycles. The summed E-state index contributed by atoms with van der Waals surface area (Å²) in [5.41, 5.74) is 1.82. The van der Waals surface area contributed by atoms with Gasteiger partial charge in [0.1, 0.15) is 0 Å². The van der Waals surface area contributed by atoms with E-state index in [1.165, 1.54) is 95.5 Å². The van der Waals surface area contributed by atoms with Crippen LogP contribution in [0.5, 0.6) is 0 Å². The van der Waals surface area contributed by atoms with Crippen molar-refractivity contribution in [2.45, 2.75) is 116 Å². The maximum atomic E-state index is 2.39. The zero-order valence-electron chi connectivity index (χ0n) is 16.8. The Hall–Kier alpha value is -0.780. The Balaban J connectivity index is 1.90. The molecule has 0 amide bonds. The molecular weight excluding hydrogens is 288 g/mol. The minimum absolute atomic E-state index is 0.332. The molecular formula is C24H42. The summed E-state index contributed by atoms with van der Waals surface area (Å²) in [6.07, 6.45) is 20.0. The minimum Gasteiger partial charge on any atom is -0.0654 e. The molecule has 0 nitrogen and oxygen atoms in total. The quantitative estimate of drug-likeness (QED) is 0.283. The first-order valence-corrected chi connectivity index (χ1v) is 10.7. The average Bonchev–Trinajstić information content (AvgIpc) is 2.60. The number of rotatable bonds is 15. The minimum atomic E-state index is 0.332. The molecule has 0 radical (unpaired) electrons. The van der Waals surface area contributed by atoms with E-state index in [0.29, 0.717) is 5.41 Å². The molecule has 0 aliphatic carbocycles. The van der Waals surface area contributed by atoms with Crippen LogP contribution in [0.4, 0.5) is 0 Å². The Morgan fingerprint density at radius 2 is 1.00 bits per heavy atom. The summed E-state index contributed by atoms with van der Waals surface area (Å²) in [5, 5.41) is 0. The second-order valence-electron chi connectivity index (χ2n) is 8.24. The lowest BCUT2D eigenvalue weighted by Crippen LogP contribution is -2.16. The SMILES string of the molecule is CCCCCCCCCCCCCCCC(C)(C)c1ccccc1. The van der Waals surface area contributed by atoms with E-state index in [-0.39, 0.29) is 0 Å². The Labute approximate surface area is 152 Å². The van der Waals surface area contributed by atoms with Crippen molar-refractivity contribution >= 4 is 0 Å². The fourth-order valence-electron chi connectivity index (χ4n) is 3.62. The number of hydrogen-bond acceptors (Lipinski definition) is 0. The molecule has 24 heavy (non-hydrogen) atoms. The summed E-state index contributed by atoms with van der Waals surface area (Å²) in [6, 6.07) is 11.0. The maximum absolute atomic E-state index is 2.39. The second kappa shape index (κ2) is 13.5. The van der Waals surface area contributed by atoms with Crippen molar-refractivity contribution in [1.29, 1.82) is 0 Å². The lowest BCUT2D eigenvalue weighted by atomic mass is 9.80. The average molecular weight is 331 g/mol. The van der Waals surface area contributed by atoms with Crippen molar-refractivity contribution in [2.24, 2.45) is 0 Å². The topological polar surface area (TPSA) is 0 Å². The first-order valence-electron chi connectivity index (χ1n) is 10.7. The van der Waals surface area contributed by atoms with Gasteiger partial charge in [0, 0.05) is 0 Å². The fraction of sp³-hybridized carbons (Fsp3) is 0.750. The van der Waals surface area contributed by atoms with Gasteiger partial charge in [0.05, 0.1) is 0 Å². The van der Waals surface area contributed by atoms with Crippen LogP contribution in [0.2, 0.25) is 0 Å². The van der Waals surface area contributed by atoms with Gasteiger partial charge in [-0.3, -0.25) is 0 Å². The van der Waals surface area contributed by atoms with Crippen molar-refractivity contribution < 1.29 is 0 Å². The van der Waals surface area contributed by atoms with Gasteiger partial charge in [0.25, 0.3) is 0 Å². The van der Waals surface area contributed by atoms with Crippen LogP contribution >= 0.6 is 0 Å². The molecule has 0 aliphatic rings. The van der Waals surface area contributed by atoms with Crippen molar-refractivity contribution in [1.82, 2.24) is 0 Å². The molecule has 0 N–H and O–H groups in total. The number of hydrogen-bond donors (Lipinski definition) is 0. The lowest BCUT2D eigenvalue weighted by molar-refractivity contribution is 0.441. The van der Waals surface area contributed by atoms with E-state index in [4.69, 9.17) is 0 Å². The maximum Gasteiger partial charge on any atom is -0.0104 e. The van der Waals surface area contributed by atoms with Gasteiger partial charge in [-0.15, -0.1) is 0 Å². The number of unbranched alkanes of at least 4 members (excludes halogenated alkanes) is 12. The highest BCUT2D eigenvalue weighted by atomic mass is 14.2. The second-order valence-corrected chi connectivity index (χ2v) is 8.24. The van der Waals surface area contributed by atoms with Gasteiger partial charge in [0.15, 0.2) is 0 Å². The van der Waals surface area contributed by atoms with Gasteiger partial charge < -0.3 is 0 Å². The molecule has 0 spiro atoms. The van der Waals surface area contributed by atoms with Crippen LogP contribution in [0.15, 0.2) is 30.3 Å². The van der Waals surface area contributed by atoms with E-state index in [2.05, 4.69) is 51.1 Å². The molecule has 1 aromatic rings. The molecule has 138 valence electrons. The van der Waals surface area contributed by atoms with Gasteiger partial charge in [-0.1, -0.05) is 135 Å². The van der Waals surface area contributed by atoms with Crippen LogP contribution in [0, 0.1) is 0 Å². The van der Waals surface area contributed by atoms with Gasteiger partial charge in [-0.2, -0.15) is 0 Å². The zero-order valence-corrected chi connectivity index (χ0v) is 16.8. The fourth-order valence-corrected chi connectivity index (χ4v) is 3.62. The normalized spacial score (nSPS) is 11.8. The van der Waals surface area contributed by atoms with Crippen LogP contribution in [0.25, 0.3) is 0 Å². The zero-order chi connectivity index (χ0) is 17.5. The third kappa shape index (κ3) is 10.2. The smallest absolute Gasteiger partial charge is 0.0104 e. The predicted molar refractivity (Wildman–Crippen MR) is 110 cm³/mol. The molecule has 0 heteroatoms. The Kier molecular flexibility index (Phi) is 12.0. The van der Waals surface area contributed by atoms with Crippen LogP contribution < -0.4 is 0 Å². The van der Waals surface area contributed by atoms with Crippen molar-refractivity contribution in [3.05, 3.63) is 35.9 Å². The monoisotopic (exact) mass is 330 g/mol. The van der Waals surface area contributed by atoms with E-state index in [9.17, 15) is 0 Å². The van der Waals surface area contributed by atoms with E-state index >= 15 is 0 Å². The highest BCUT2D eigenvalue weighted by Crippen LogP contribution is 2.29. The largest absolute Gasteiger partial charge is 0.0654 e. The van der Waals surface area contributed by atoms with Crippen LogP contribution in [-0.2, 0) is 5.41 Å². The summed E-state index contributed by atoms with van der Waals surface area (Å²) in [6.45, 7) is 7.08. The Morgan fingerprint density at radius 1 is 0.583 bits per heavy atom. The molecule has 0 saturated heterocycles. The molecule has 0 saturated carbocycles. The van der Waals surface area contributed by atoms with E-state index in [1.54, 1.807) is 0 Å². The predicted octanol–water partition coefficient (Wildman–Crippen LogP) is 8.45. The summed E-state index contributed by atoms with van der Waals surface area (Å²) < 4.78 is 0. The molecule has 0 bridgehead atoms. The number of benzene rings is 1. The van der Waals surface area contributed by atoms with Gasteiger partial charge in [-0.05, 0) is 17.4 Å². The molecule has 0 aromatic heterocycles. The molecule has 0 atom stereocenters. The van der Waals surface area contributed by atoms with Gasteiger partial charge >= 0.3 is 0 Å². The first-order chi connectivity index (χ1) is 11.7. The third-order valence-electron chi connectivity index (χ3n) is 5.46. The van der Waals surface area contributed by atoms with Crippen LogP contribution in [0.1, 0.15) is 116 Å². The van der Waals surface area contributed by atoms with Crippen LogP contribution in [-0.4, -0.2) is 0 Å². The van der Waals surface area contributed by atoms with Crippen molar-refractivity contribution in [2.75, 3.05) is 0 Å². The Bertz CT molecular complexity index is 376. The van der Waals surface area contributed by atoms with Gasteiger partial charge in [0.2, 0.25) is 0 Å². The van der Waals surface area contributed by atoms with E-state index in [1.807, 2.05) is 0 Å².